The molecule has 27 heavy (non-hydrogen) atoms. The van der Waals surface area contributed by atoms with Crippen LogP contribution in [-0.2, 0) is 16.0 Å². The lowest BCUT2D eigenvalue weighted by Crippen LogP contribution is -2.13. The summed E-state index contributed by atoms with van der Waals surface area (Å²) in [6, 6.07) is 12.9. The van der Waals surface area contributed by atoms with Crippen molar-refractivity contribution in [2.45, 2.75) is 19.8 Å². The molecule has 0 bridgehead atoms. The van der Waals surface area contributed by atoms with Crippen molar-refractivity contribution < 1.29 is 18.4 Å². The second-order valence-corrected chi connectivity index (χ2v) is 5.79. The van der Waals surface area contributed by atoms with Gasteiger partial charge < -0.3 is 15.1 Å². The molecule has 0 fully saturated rings. The van der Waals surface area contributed by atoms with Gasteiger partial charge in [-0.2, -0.15) is 0 Å². The van der Waals surface area contributed by atoms with Gasteiger partial charge in [-0.15, -0.1) is 10.2 Å². The van der Waals surface area contributed by atoms with E-state index in [0.717, 1.165) is 0 Å². The van der Waals surface area contributed by atoms with Crippen LogP contribution in [0.25, 0.3) is 11.5 Å². The molecule has 3 rings (SSSR count). The fraction of sp³-hybridized carbons (Fsp3) is 0.158. The predicted molar refractivity (Wildman–Crippen MR) is 97.4 cm³/mol. The molecule has 0 unspecified atom stereocenters. The van der Waals surface area contributed by atoms with Crippen LogP contribution in [0.5, 0.6) is 0 Å². The van der Waals surface area contributed by atoms with Crippen LogP contribution in [0.2, 0.25) is 0 Å². The Morgan fingerprint density at radius 1 is 1.04 bits per heavy atom. The summed E-state index contributed by atoms with van der Waals surface area (Å²) in [5, 5.41) is 13.0. The lowest BCUT2D eigenvalue weighted by molar-refractivity contribution is -0.116. The molecule has 1 aromatic heterocycles. The van der Waals surface area contributed by atoms with E-state index in [1.54, 1.807) is 42.5 Å². The van der Waals surface area contributed by atoms with Gasteiger partial charge in [-0.1, -0.05) is 18.2 Å². The van der Waals surface area contributed by atoms with E-state index >= 15 is 0 Å². The number of halogens is 1. The fourth-order valence-corrected chi connectivity index (χ4v) is 2.42. The molecule has 0 aliphatic heterocycles. The number of hydrogen-bond acceptors (Lipinski definition) is 5. The highest BCUT2D eigenvalue weighted by atomic mass is 19.1. The summed E-state index contributed by atoms with van der Waals surface area (Å²) in [5.74, 6) is -0.576. The number of carbonyl (C=O) groups excluding carboxylic acids is 2. The van der Waals surface area contributed by atoms with Gasteiger partial charge in [-0.05, 0) is 30.3 Å². The molecule has 1 heterocycles. The molecule has 2 amide bonds. The van der Waals surface area contributed by atoms with Crippen LogP contribution in [-0.4, -0.2) is 22.0 Å². The third kappa shape index (κ3) is 4.97. The van der Waals surface area contributed by atoms with Crippen molar-refractivity contribution in [3.05, 3.63) is 60.2 Å². The van der Waals surface area contributed by atoms with Gasteiger partial charge in [-0.3, -0.25) is 9.59 Å². The molecule has 8 heteroatoms. The summed E-state index contributed by atoms with van der Waals surface area (Å²) >= 11 is 0. The third-order valence-corrected chi connectivity index (χ3v) is 3.60. The second kappa shape index (κ2) is 8.22. The normalized spacial score (nSPS) is 10.4. The predicted octanol–water partition coefficient (Wildman–Crippen LogP) is 3.41. The Morgan fingerprint density at radius 2 is 1.78 bits per heavy atom. The Morgan fingerprint density at radius 3 is 2.52 bits per heavy atom. The summed E-state index contributed by atoms with van der Waals surface area (Å²) < 4.78 is 19.2. The van der Waals surface area contributed by atoms with Crippen molar-refractivity contribution in [3.63, 3.8) is 0 Å². The molecular formula is C19H17FN4O3. The highest BCUT2D eigenvalue weighted by Gasteiger charge is 2.13. The van der Waals surface area contributed by atoms with Gasteiger partial charge in [0, 0.05) is 31.1 Å². The van der Waals surface area contributed by atoms with Crippen molar-refractivity contribution in [2.24, 2.45) is 0 Å². The number of nitrogens with one attached hydrogen (secondary N) is 2. The molecule has 2 aromatic carbocycles. The van der Waals surface area contributed by atoms with Crippen LogP contribution < -0.4 is 10.6 Å². The van der Waals surface area contributed by atoms with Gasteiger partial charge in [0.2, 0.25) is 17.7 Å². The minimum absolute atomic E-state index is 0.0755. The Labute approximate surface area is 154 Å². The standard InChI is InChI=1S/C19H17FN4O3/c1-12(25)21-13-5-4-6-14(11-13)22-17(26)9-10-18-23-24-19(27-18)15-7-2-3-8-16(15)20/h2-8,11H,9-10H2,1H3,(H,21,25)(H,22,26). The number of rotatable bonds is 6. The molecule has 0 saturated carbocycles. The van der Waals surface area contributed by atoms with E-state index in [-0.39, 0.29) is 42.0 Å². The fourth-order valence-electron chi connectivity index (χ4n) is 2.42. The molecule has 0 aliphatic rings. The van der Waals surface area contributed by atoms with Crippen molar-refractivity contribution in [1.29, 1.82) is 0 Å². The quantitative estimate of drug-likeness (QED) is 0.695. The monoisotopic (exact) mass is 368 g/mol. The van der Waals surface area contributed by atoms with Gasteiger partial charge in [0.15, 0.2) is 0 Å². The smallest absolute Gasteiger partial charge is 0.250 e. The van der Waals surface area contributed by atoms with Gasteiger partial charge in [-0.25, -0.2) is 4.39 Å². The number of anilines is 2. The maximum atomic E-state index is 13.7. The van der Waals surface area contributed by atoms with Crippen LogP contribution in [0.3, 0.4) is 0 Å². The number of aromatic nitrogens is 2. The Kier molecular flexibility index (Phi) is 5.55. The van der Waals surface area contributed by atoms with Crippen molar-refractivity contribution in [2.75, 3.05) is 10.6 Å². The van der Waals surface area contributed by atoms with Crippen LogP contribution in [0.15, 0.2) is 52.9 Å². The highest BCUT2D eigenvalue weighted by molar-refractivity contribution is 5.93. The molecule has 0 spiro atoms. The van der Waals surface area contributed by atoms with E-state index in [4.69, 9.17) is 4.42 Å². The van der Waals surface area contributed by atoms with Gasteiger partial charge in [0.1, 0.15) is 5.82 Å². The zero-order chi connectivity index (χ0) is 19.2. The number of aryl methyl sites for hydroxylation is 1. The highest BCUT2D eigenvalue weighted by Crippen LogP contribution is 2.21. The van der Waals surface area contributed by atoms with Crippen LogP contribution in [0, 0.1) is 5.82 Å². The molecule has 0 saturated heterocycles. The molecule has 0 radical (unpaired) electrons. The van der Waals surface area contributed by atoms with E-state index in [1.807, 2.05) is 0 Å². The third-order valence-electron chi connectivity index (χ3n) is 3.60. The first-order valence-electron chi connectivity index (χ1n) is 8.26. The minimum atomic E-state index is -0.454. The van der Waals surface area contributed by atoms with Crippen LogP contribution in [0.1, 0.15) is 19.2 Å². The number of carbonyl (C=O) groups is 2. The molecule has 3 aromatic rings. The van der Waals surface area contributed by atoms with E-state index in [9.17, 15) is 14.0 Å². The molecular weight excluding hydrogens is 351 g/mol. The maximum Gasteiger partial charge on any atom is 0.250 e. The second-order valence-electron chi connectivity index (χ2n) is 5.79. The summed E-state index contributed by atoms with van der Waals surface area (Å²) in [7, 11) is 0. The first kappa shape index (κ1) is 18.2. The molecule has 0 atom stereocenters. The Bertz CT molecular complexity index is 971. The Hall–Kier alpha value is -3.55. The van der Waals surface area contributed by atoms with Crippen molar-refractivity contribution >= 4 is 23.2 Å². The van der Waals surface area contributed by atoms with Crippen molar-refractivity contribution in [1.82, 2.24) is 10.2 Å². The summed E-state index contributed by atoms with van der Waals surface area (Å²) in [5.41, 5.74) is 1.37. The summed E-state index contributed by atoms with van der Waals surface area (Å²) in [6.45, 7) is 1.41. The van der Waals surface area contributed by atoms with Crippen molar-refractivity contribution in [3.8, 4) is 11.5 Å². The lowest BCUT2D eigenvalue weighted by atomic mass is 10.2. The molecule has 138 valence electrons. The minimum Gasteiger partial charge on any atom is -0.421 e. The largest absolute Gasteiger partial charge is 0.421 e. The maximum absolute atomic E-state index is 13.7. The zero-order valence-electron chi connectivity index (χ0n) is 14.5. The van der Waals surface area contributed by atoms with Gasteiger partial charge >= 0.3 is 0 Å². The first-order chi connectivity index (χ1) is 13.0. The average molecular weight is 368 g/mol. The van der Waals surface area contributed by atoms with Gasteiger partial charge in [0.05, 0.1) is 5.56 Å². The number of benzene rings is 2. The molecule has 0 aliphatic carbocycles. The van der Waals surface area contributed by atoms with Gasteiger partial charge in [0.25, 0.3) is 5.89 Å². The Balaban J connectivity index is 1.57. The lowest BCUT2D eigenvalue weighted by Gasteiger charge is -2.07. The zero-order valence-corrected chi connectivity index (χ0v) is 14.5. The average Bonchev–Trinajstić information content (AvgIpc) is 3.09. The number of hydrogen-bond donors (Lipinski definition) is 2. The van der Waals surface area contributed by atoms with E-state index in [0.29, 0.717) is 11.4 Å². The molecule has 7 nitrogen and oxygen atoms in total. The number of nitrogens with zero attached hydrogens (tertiary/aromatic N) is 2. The first-order valence-corrected chi connectivity index (χ1v) is 8.26. The van der Waals surface area contributed by atoms with E-state index < -0.39 is 5.82 Å². The van der Waals surface area contributed by atoms with E-state index in [2.05, 4.69) is 20.8 Å². The van der Waals surface area contributed by atoms with Crippen LogP contribution in [0.4, 0.5) is 15.8 Å². The SMILES string of the molecule is CC(=O)Nc1cccc(NC(=O)CCc2nnc(-c3ccccc3F)o2)c1. The summed E-state index contributed by atoms with van der Waals surface area (Å²) in [4.78, 5) is 23.2. The van der Waals surface area contributed by atoms with Crippen LogP contribution >= 0.6 is 0 Å². The topological polar surface area (TPSA) is 97.1 Å². The number of amides is 2. The summed E-state index contributed by atoms with van der Waals surface area (Å²) in [6.07, 6.45) is 0.335. The van der Waals surface area contributed by atoms with E-state index in [1.165, 1.54) is 13.0 Å². The molecule has 2 N–H and O–H groups in total.